The van der Waals surface area contributed by atoms with E-state index in [9.17, 15) is 10.1 Å². The zero-order chi connectivity index (χ0) is 22.6. The van der Waals surface area contributed by atoms with Gasteiger partial charge in [0.1, 0.15) is 30.6 Å². The molecule has 1 fully saturated rings. The Kier molecular flexibility index (Phi) is 9.00. The van der Waals surface area contributed by atoms with Crippen molar-refractivity contribution in [3.8, 4) is 23.3 Å². The summed E-state index contributed by atoms with van der Waals surface area (Å²) in [5.41, 5.74) is 0.791. The first-order valence-corrected chi connectivity index (χ1v) is 11.2. The minimum absolute atomic E-state index is 0.0861. The second-order valence-corrected chi connectivity index (χ2v) is 7.63. The summed E-state index contributed by atoms with van der Waals surface area (Å²) in [5, 5.41) is 12.5. The maximum absolute atomic E-state index is 12.5. The van der Waals surface area contributed by atoms with Crippen LogP contribution in [0.1, 0.15) is 44.6 Å². The monoisotopic (exact) mass is 434 g/mol. The first kappa shape index (κ1) is 23.2. The molecular formula is C26H30N2O4. The van der Waals surface area contributed by atoms with Gasteiger partial charge in [0.25, 0.3) is 5.91 Å². The number of nitrogens with zero attached hydrogens (tertiary/aromatic N) is 1. The van der Waals surface area contributed by atoms with E-state index in [-0.39, 0.29) is 17.5 Å². The van der Waals surface area contributed by atoms with Gasteiger partial charge in [0, 0.05) is 6.04 Å². The van der Waals surface area contributed by atoms with E-state index < -0.39 is 0 Å². The number of nitriles is 1. The lowest BCUT2D eigenvalue weighted by Crippen LogP contribution is -2.36. The van der Waals surface area contributed by atoms with Crippen molar-refractivity contribution in [1.29, 1.82) is 5.26 Å². The highest BCUT2D eigenvalue weighted by Gasteiger charge is 2.18. The first-order valence-electron chi connectivity index (χ1n) is 11.2. The van der Waals surface area contributed by atoms with Crippen LogP contribution < -0.4 is 19.5 Å². The lowest BCUT2D eigenvalue weighted by Gasteiger charge is -2.22. The number of carbonyl (C=O) groups is 1. The van der Waals surface area contributed by atoms with E-state index in [1.54, 1.807) is 24.3 Å². The zero-order valence-electron chi connectivity index (χ0n) is 18.5. The Labute approximate surface area is 189 Å². The van der Waals surface area contributed by atoms with Gasteiger partial charge in [-0.05, 0) is 55.7 Å². The minimum Gasteiger partial charge on any atom is -0.490 e. The number of rotatable bonds is 10. The van der Waals surface area contributed by atoms with Crippen LogP contribution in [0, 0.1) is 11.3 Å². The summed E-state index contributed by atoms with van der Waals surface area (Å²) in [5.74, 6) is 1.62. The van der Waals surface area contributed by atoms with Crippen LogP contribution in [0.4, 0.5) is 0 Å². The fraction of sp³-hybridized carbons (Fsp3) is 0.385. The summed E-state index contributed by atoms with van der Waals surface area (Å²) in [6.45, 7) is 3.12. The molecule has 2 aromatic carbocycles. The number of hydrogen-bond acceptors (Lipinski definition) is 5. The van der Waals surface area contributed by atoms with Gasteiger partial charge in [0.05, 0.1) is 6.61 Å². The van der Waals surface area contributed by atoms with E-state index in [1.165, 1.54) is 6.42 Å². The average molecular weight is 435 g/mol. The lowest BCUT2D eigenvalue weighted by molar-refractivity contribution is -0.117. The molecule has 1 amide bonds. The molecule has 0 saturated heterocycles. The third-order valence-corrected chi connectivity index (χ3v) is 5.24. The van der Waals surface area contributed by atoms with Crippen LogP contribution in [-0.2, 0) is 4.79 Å². The topological polar surface area (TPSA) is 80.6 Å². The predicted molar refractivity (Wildman–Crippen MR) is 124 cm³/mol. The van der Waals surface area contributed by atoms with Gasteiger partial charge in [-0.3, -0.25) is 4.79 Å². The largest absolute Gasteiger partial charge is 0.490 e. The van der Waals surface area contributed by atoms with Crippen LogP contribution in [0.15, 0.2) is 54.1 Å². The minimum atomic E-state index is -0.323. The van der Waals surface area contributed by atoms with Crippen molar-refractivity contribution in [3.05, 3.63) is 59.7 Å². The molecule has 1 aliphatic rings. The molecule has 0 aromatic heterocycles. The Morgan fingerprint density at radius 2 is 1.78 bits per heavy atom. The molecule has 6 nitrogen and oxygen atoms in total. The highest BCUT2D eigenvalue weighted by molar-refractivity contribution is 6.01. The number of carbonyl (C=O) groups excluding carboxylic acids is 1. The van der Waals surface area contributed by atoms with Crippen molar-refractivity contribution >= 4 is 12.0 Å². The van der Waals surface area contributed by atoms with Gasteiger partial charge < -0.3 is 19.5 Å². The predicted octanol–water partition coefficient (Wildman–Crippen LogP) is 4.90. The standard InChI is InChI=1S/C26H30N2O4/c1-2-30-25-18-20(17-21(19-27)26(29)28-22-9-5-3-6-10-22)13-14-24(25)32-16-15-31-23-11-7-4-8-12-23/h4,7-8,11-14,17-18,22H,2-3,5-6,9-10,15-16H2,1H3,(H,28,29). The zero-order valence-corrected chi connectivity index (χ0v) is 18.5. The molecule has 6 heteroatoms. The van der Waals surface area contributed by atoms with Gasteiger partial charge in [-0.15, -0.1) is 0 Å². The fourth-order valence-electron chi connectivity index (χ4n) is 3.66. The smallest absolute Gasteiger partial charge is 0.262 e. The molecule has 168 valence electrons. The Hall–Kier alpha value is -3.46. The van der Waals surface area contributed by atoms with Crippen molar-refractivity contribution in [1.82, 2.24) is 5.32 Å². The van der Waals surface area contributed by atoms with Gasteiger partial charge in [0.15, 0.2) is 11.5 Å². The van der Waals surface area contributed by atoms with Gasteiger partial charge in [-0.2, -0.15) is 5.26 Å². The van der Waals surface area contributed by atoms with Crippen LogP contribution in [0.5, 0.6) is 17.2 Å². The summed E-state index contributed by atoms with van der Waals surface area (Å²) in [6, 6.07) is 17.1. The average Bonchev–Trinajstić information content (AvgIpc) is 2.82. The van der Waals surface area contributed by atoms with E-state index in [4.69, 9.17) is 14.2 Å². The normalized spacial score (nSPS) is 14.3. The molecule has 1 N–H and O–H groups in total. The Morgan fingerprint density at radius 3 is 2.50 bits per heavy atom. The van der Waals surface area contributed by atoms with Crippen molar-refractivity contribution < 1.29 is 19.0 Å². The Balaban J connectivity index is 1.62. The highest BCUT2D eigenvalue weighted by Crippen LogP contribution is 2.29. The molecule has 0 spiro atoms. The Morgan fingerprint density at radius 1 is 1.03 bits per heavy atom. The van der Waals surface area contributed by atoms with Crippen molar-refractivity contribution in [2.24, 2.45) is 0 Å². The van der Waals surface area contributed by atoms with Gasteiger partial charge in [-0.1, -0.05) is 43.5 Å². The molecular weight excluding hydrogens is 404 g/mol. The second kappa shape index (κ2) is 12.4. The van der Waals surface area contributed by atoms with Crippen LogP contribution >= 0.6 is 0 Å². The molecule has 0 bridgehead atoms. The summed E-state index contributed by atoms with van der Waals surface area (Å²) in [4.78, 5) is 12.5. The van der Waals surface area contributed by atoms with E-state index >= 15 is 0 Å². The van der Waals surface area contributed by atoms with E-state index in [0.29, 0.717) is 36.9 Å². The first-order chi connectivity index (χ1) is 15.7. The maximum Gasteiger partial charge on any atom is 0.262 e. The van der Waals surface area contributed by atoms with Crippen LogP contribution in [0.2, 0.25) is 0 Å². The van der Waals surface area contributed by atoms with Crippen molar-refractivity contribution in [2.45, 2.75) is 45.1 Å². The SMILES string of the molecule is CCOc1cc(C=C(C#N)C(=O)NC2CCCCC2)ccc1OCCOc1ccccc1. The van der Waals surface area contributed by atoms with Crippen molar-refractivity contribution in [2.75, 3.05) is 19.8 Å². The van der Waals surface area contributed by atoms with Crippen LogP contribution in [0.25, 0.3) is 6.08 Å². The van der Waals surface area contributed by atoms with E-state index in [0.717, 1.165) is 31.4 Å². The lowest BCUT2D eigenvalue weighted by atomic mass is 9.95. The summed E-state index contributed by atoms with van der Waals surface area (Å²) >= 11 is 0. The van der Waals surface area contributed by atoms with Gasteiger partial charge >= 0.3 is 0 Å². The Bertz CT molecular complexity index is 944. The summed E-state index contributed by atoms with van der Waals surface area (Å²) < 4.78 is 17.2. The molecule has 0 aliphatic heterocycles. The van der Waals surface area contributed by atoms with E-state index in [2.05, 4.69) is 5.32 Å². The molecule has 1 saturated carbocycles. The quantitative estimate of drug-likeness (QED) is 0.327. The van der Waals surface area contributed by atoms with Gasteiger partial charge in [-0.25, -0.2) is 0 Å². The molecule has 32 heavy (non-hydrogen) atoms. The van der Waals surface area contributed by atoms with Gasteiger partial charge in [0.2, 0.25) is 0 Å². The fourth-order valence-corrected chi connectivity index (χ4v) is 3.66. The number of para-hydroxylation sites is 1. The number of benzene rings is 2. The molecule has 0 unspecified atom stereocenters. The number of nitrogens with one attached hydrogen (secondary N) is 1. The van der Waals surface area contributed by atoms with Crippen LogP contribution in [-0.4, -0.2) is 31.8 Å². The number of hydrogen-bond donors (Lipinski definition) is 1. The number of amides is 1. The second-order valence-electron chi connectivity index (χ2n) is 7.63. The third kappa shape index (κ3) is 7.05. The molecule has 0 radical (unpaired) electrons. The van der Waals surface area contributed by atoms with E-state index in [1.807, 2.05) is 43.3 Å². The van der Waals surface area contributed by atoms with Crippen molar-refractivity contribution in [3.63, 3.8) is 0 Å². The molecule has 1 aliphatic carbocycles. The summed E-state index contributed by atoms with van der Waals surface area (Å²) in [7, 11) is 0. The molecule has 0 atom stereocenters. The molecule has 2 aromatic rings. The molecule has 3 rings (SSSR count). The summed E-state index contributed by atoms with van der Waals surface area (Å²) in [6.07, 6.45) is 6.97. The number of ether oxygens (including phenoxy) is 3. The maximum atomic E-state index is 12.5. The molecule has 0 heterocycles. The van der Waals surface area contributed by atoms with Crippen LogP contribution in [0.3, 0.4) is 0 Å². The third-order valence-electron chi connectivity index (χ3n) is 5.24. The highest BCUT2D eigenvalue weighted by atomic mass is 16.5.